The minimum absolute atomic E-state index is 0.331. The van der Waals surface area contributed by atoms with Crippen molar-refractivity contribution >= 4 is 14.6 Å². The highest BCUT2D eigenvalue weighted by Gasteiger charge is 2.43. The van der Waals surface area contributed by atoms with Gasteiger partial charge < -0.3 is 29.4 Å². The number of hydrogen-bond donors (Lipinski definition) is 4. The lowest BCUT2D eigenvalue weighted by Crippen LogP contribution is -2.28. The molecule has 1 aliphatic carbocycles. The molecule has 0 saturated heterocycles. The van der Waals surface area contributed by atoms with E-state index >= 15 is 0 Å². The Morgan fingerprint density at radius 1 is 0.585 bits per heavy atom. The highest BCUT2D eigenvalue weighted by atomic mass is 16.6. The summed E-state index contributed by atoms with van der Waals surface area (Å²) < 4.78 is 10.7. The average molecular weight is 566 g/mol. The lowest BCUT2D eigenvalue weighted by Gasteiger charge is -2.35. The largest absolute Gasteiger partial charge is 0.707 e. The van der Waals surface area contributed by atoms with Gasteiger partial charge in [0.1, 0.15) is 11.5 Å². The van der Waals surface area contributed by atoms with Gasteiger partial charge in [-0.1, -0.05) is 92.2 Å². The fourth-order valence-corrected chi connectivity index (χ4v) is 6.53. The van der Waals surface area contributed by atoms with Gasteiger partial charge in [-0.2, -0.15) is 0 Å². The second-order valence-electron chi connectivity index (χ2n) is 13.3. The summed E-state index contributed by atoms with van der Waals surface area (Å²) in [5.74, 6) is 3.40. The quantitative estimate of drug-likeness (QED) is 0.143. The number of fused-ring (bicyclic) bond motifs is 3. The standard InChI is InChI=1S/C33H52B2O6/c1-23(2)9-7-11-25(5)17-19-33(20-18-26(6)12-8-10-24(3)4)31-21-27(40-34(36)37)13-15-29(31)30-16-14-28(22-32(30)33)41-35(38)39/h13-16,21-26,36-39H,7-12,17-20H2,1-6H3. The normalized spacial score (nSPS) is 15.0. The fourth-order valence-electron chi connectivity index (χ4n) is 6.53. The van der Waals surface area contributed by atoms with Gasteiger partial charge in [0, 0.05) is 5.41 Å². The molecule has 2 aromatic rings. The smallest absolute Gasteiger partial charge is 0.512 e. The van der Waals surface area contributed by atoms with E-state index in [-0.39, 0.29) is 5.41 Å². The summed E-state index contributed by atoms with van der Waals surface area (Å²) in [6.45, 7) is 13.8. The molecule has 1 aliphatic rings. The maximum absolute atomic E-state index is 9.54. The summed E-state index contributed by atoms with van der Waals surface area (Å²) in [6, 6.07) is 11.5. The highest BCUT2D eigenvalue weighted by molar-refractivity contribution is 6.34. The molecular formula is C33H52B2O6. The van der Waals surface area contributed by atoms with Crippen molar-refractivity contribution in [3.05, 3.63) is 47.5 Å². The molecule has 0 heterocycles. The molecule has 0 aromatic heterocycles. The summed E-state index contributed by atoms with van der Waals surface area (Å²) >= 11 is 0. The van der Waals surface area contributed by atoms with Crippen molar-refractivity contribution in [1.82, 2.24) is 0 Å². The van der Waals surface area contributed by atoms with Gasteiger partial charge in [-0.05, 0) is 95.9 Å². The van der Waals surface area contributed by atoms with Gasteiger partial charge in [-0.3, -0.25) is 0 Å². The van der Waals surface area contributed by atoms with Gasteiger partial charge >= 0.3 is 14.6 Å². The monoisotopic (exact) mass is 566 g/mol. The van der Waals surface area contributed by atoms with Gasteiger partial charge in [0.2, 0.25) is 0 Å². The molecule has 0 aliphatic heterocycles. The van der Waals surface area contributed by atoms with Crippen LogP contribution in [0.1, 0.15) is 117 Å². The Hall–Kier alpha value is -1.99. The maximum Gasteiger partial charge on any atom is 0.707 e. The molecule has 41 heavy (non-hydrogen) atoms. The topological polar surface area (TPSA) is 99.4 Å². The van der Waals surface area contributed by atoms with Crippen LogP contribution in [0.2, 0.25) is 0 Å². The Labute approximate surface area is 248 Å². The van der Waals surface area contributed by atoms with Crippen molar-refractivity contribution in [2.24, 2.45) is 23.7 Å². The molecule has 0 bridgehead atoms. The summed E-state index contributed by atoms with van der Waals surface area (Å²) in [6.07, 6.45) is 11.3. The molecule has 0 saturated carbocycles. The number of hydrogen-bond acceptors (Lipinski definition) is 6. The van der Waals surface area contributed by atoms with E-state index in [2.05, 4.69) is 41.5 Å². The second kappa shape index (κ2) is 15.5. The van der Waals surface area contributed by atoms with Gasteiger partial charge in [-0.25, -0.2) is 0 Å². The Balaban J connectivity index is 2.01. The highest BCUT2D eigenvalue weighted by Crippen LogP contribution is 2.56. The summed E-state index contributed by atoms with van der Waals surface area (Å²) in [4.78, 5) is 0. The third-order valence-corrected chi connectivity index (χ3v) is 8.87. The minimum atomic E-state index is -1.89. The fraction of sp³-hybridized carbons (Fsp3) is 0.636. The van der Waals surface area contributed by atoms with Crippen LogP contribution in [-0.4, -0.2) is 34.7 Å². The molecule has 2 unspecified atom stereocenters. The molecule has 2 aromatic carbocycles. The van der Waals surface area contributed by atoms with Crippen molar-refractivity contribution in [3.63, 3.8) is 0 Å². The van der Waals surface area contributed by atoms with Crippen molar-refractivity contribution in [3.8, 4) is 22.6 Å². The first-order chi connectivity index (χ1) is 19.4. The summed E-state index contributed by atoms with van der Waals surface area (Å²) in [5.41, 5.74) is 4.15. The Bertz CT molecular complexity index is 1000. The van der Waals surface area contributed by atoms with E-state index in [9.17, 15) is 20.1 Å². The van der Waals surface area contributed by atoms with Crippen molar-refractivity contribution < 1.29 is 29.4 Å². The predicted molar refractivity (Wildman–Crippen MR) is 168 cm³/mol. The predicted octanol–water partition coefficient (Wildman–Crippen LogP) is 7.13. The molecule has 3 rings (SSSR count). The van der Waals surface area contributed by atoms with Crippen LogP contribution >= 0.6 is 0 Å². The van der Waals surface area contributed by atoms with Crippen molar-refractivity contribution in [2.75, 3.05) is 0 Å². The average Bonchev–Trinajstić information content (AvgIpc) is 3.14. The van der Waals surface area contributed by atoms with Crippen LogP contribution in [-0.2, 0) is 5.41 Å². The van der Waals surface area contributed by atoms with Gasteiger partial charge in [-0.15, -0.1) is 0 Å². The van der Waals surface area contributed by atoms with Crippen LogP contribution in [0.3, 0.4) is 0 Å². The van der Waals surface area contributed by atoms with Gasteiger partial charge in [0.25, 0.3) is 0 Å². The first kappa shape index (κ1) is 33.5. The molecule has 6 nitrogen and oxygen atoms in total. The molecule has 226 valence electrons. The third-order valence-electron chi connectivity index (χ3n) is 8.87. The molecule has 4 N–H and O–H groups in total. The molecule has 2 atom stereocenters. The van der Waals surface area contributed by atoms with Crippen LogP contribution < -0.4 is 9.31 Å². The number of rotatable bonds is 18. The van der Waals surface area contributed by atoms with E-state index in [1.807, 2.05) is 24.3 Å². The van der Waals surface area contributed by atoms with E-state index in [4.69, 9.17) is 9.31 Å². The summed E-state index contributed by atoms with van der Waals surface area (Å²) in [5, 5.41) is 38.2. The van der Waals surface area contributed by atoms with Crippen LogP contribution in [0, 0.1) is 23.7 Å². The molecule has 0 radical (unpaired) electrons. The summed E-state index contributed by atoms with van der Waals surface area (Å²) in [7, 11) is -3.78. The third kappa shape index (κ3) is 9.51. The minimum Gasteiger partial charge on any atom is -0.512 e. The first-order valence-electron chi connectivity index (χ1n) is 15.8. The van der Waals surface area contributed by atoms with Crippen LogP contribution in [0.5, 0.6) is 11.5 Å². The van der Waals surface area contributed by atoms with Gasteiger partial charge in [0.15, 0.2) is 0 Å². The SMILES string of the molecule is CC(C)CCCC(C)CCC1(CCC(C)CCCC(C)C)c2cc(OB(O)O)ccc2-c2ccc(OB(O)O)cc21. The molecular weight excluding hydrogens is 514 g/mol. The first-order valence-corrected chi connectivity index (χ1v) is 15.8. The maximum atomic E-state index is 9.54. The van der Waals surface area contributed by atoms with Crippen LogP contribution in [0.15, 0.2) is 36.4 Å². The molecule has 0 spiro atoms. The zero-order valence-corrected chi connectivity index (χ0v) is 26.1. The molecule has 8 heteroatoms. The Kier molecular flexibility index (Phi) is 12.6. The van der Waals surface area contributed by atoms with E-state index in [0.717, 1.165) is 47.9 Å². The lowest BCUT2D eigenvalue weighted by atomic mass is 9.69. The van der Waals surface area contributed by atoms with Crippen LogP contribution in [0.4, 0.5) is 0 Å². The van der Waals surface area contributed by atoms with Crippen LogP contribution in [0.25, 0.3) is 11.1 Å². The van der Waals surface area contributed by atoms with E-state index in [1.165, 1.54) is 38.5 Å². The van der Waals surface area contributed by atoms with E-state index in [0.29, 0.717) is 35.2 Å². The van der Waals surface area contributed by atoms with Crippen molar-refractivity contribution in [2.45, 2.75) is 111 Å². The van der Waals surface area contributed by atoms with Crippen molar-refractivity contribution in [1.29, 1.82) is 0 Å². The Morgan fingerprint density at radius 2 is 0.976 bits per heavy atom. The molecule has 0 fully saturated rings. The zero-order valence-electron chi connectivity index (χ0n) is 26.1. The Morgan fingerprint density at radius 3 is 1.32 bits per heavy atom. The van der Waals surface area contributed by atoms with Gasteiger partial charge in [0.05, 0.1) is 0 Å². The lowest BCUT2D eigenvalue weighted by molar-refractivity contribution is 0.286. The zero-order chi connectivity index (χ0) is 30.2. The number of benzene rings is 2. The van der Waals surface area contributed by atoms with E-state index < -0.39 is 14.6 Å². The second-order valence-corrected chi connectivity index (χ2v) is 13.3. The molecule has 0 amide bonds. The van der Waals surface area contributed by atoms with E-state index in [1.54, 1.807) is 12.1 Å².